The SMILES string of the molecule is CN1CCN(C(=O)NCCCCC(=O)O)CC1. The summed E-state index contributed by atoms with van der Waals surface area (Å²) < 4.78 is 0. The number of carbonyl (C=O) groups is 2. The first-order valence-electron chi connectivity index (χ1n) is 6.02. The number of hydrogen-bond donors (Lipinski definition) is 2. The minimum absolute atomic E-state index is 0.0339. The molecule has 0 aromatic rings. The summed E-state index contributed by atoms with van der Waals surface area (Å²) in [6, 6.07) is -0.0339. The van der Waals surface area contributed by atoms with Crippen molar-refractivity contribution in [1.82, 2.24) is 15.1 Å². The second kappa shape index (κ2) is 7.11. The fourth-order valence-corrected chi connectivity index (χ4v) is 1.72. The Labute approximate surface area is 102 Å². The quantitative estimate of drug-likeness (QED) is 0.676. The molecular formula is C11H21N3O3. The lowest BCUT2D eigenvalue weighted by Crippen LogP contribution is -2.50. The monoisotopic (exact) mass is 243 g/mol. The van der Waals surface area contributed by atoms with Crippen molar-refractivity contribution in [3.8, 4) is 0 Å². The highest BCUT2D eigenvalue weighted by molar-refractivity contribution is 5.74. The van der Waals surface area contributed by atoms with Crippen molar-refractivity contribution in [2.24, 2.45) is 0 Å². The standard InChI is InChI=1S/C11H21N3O3/c1-13-6-8-14(9-7-13)11(17)12-5-3-2-4-10(15)16/h2-9H2,1H3,(H,12,17)(H,15,16). The fourth-order valence-electron chi connectivity index (χ4n) is 1.72. The highest BCUT2D eigenvalue weighted by Gasteiger charge is 2.18. The molecule has 2 N–H and O–H groups in total. The Hall–Kier alpha value is -1.30. The number of nitrogens with one attached hydrogen (secondary N) is 1. The second-order valence-corrected chi connectivity index (χ2v) is 4.37. The molecule has 0 radical (unpaired) electrons. The van der Waals surface area contributed by atoms with Crippen LogP contribution in [0.3, 0.4) is 0 Å². The van der Waals surface area contributed by atoms with E-state index in [1.807, 2.05) is 7.05 Å². The molecule has 17 heavy (non-hydrogen) atoms. The first-order chi connectivity index (χ1) is 8.09. The van der Waals surface area contributed by atoms with Crippen LogP contribution in [0.5, 0.6) is 0 Å². The second-order valence-electron chi connectivity index (χ2n) is 4.37. The number of piperazine rings is 1. The Balaban J connectivity index is 2.06. The number of hydrogen-bond acceptors (Lipinski definition) is 3. The Morgan fingerprint density at radius 2 is 1.82 bits per heavy atom. The molecule has 0 unspecified atom stereocenters. The first-order valence-corrected chi connectivity index (χ1v) is 6.02. The van der Waals surface area contributed by atoms with Gasteiger partial charge in [0.2, 0.25) is 0 Å². The summed E-state index contributed by atoms with van der Waals surface area (Å²) in [5, 5.41) is 11.3. The Morgan fingerprint density at radius 3 is 2.41 bits per heavy atom. The van der Waals surface area contributed by atoms with E-state index in [0.29, 0.717) is 19.4 Å². The van der Waals surface area contributed by atoms with E-state index in [1.54, 1.807) is 4.90 Å². The molecular weight excluding hydrogens is 222 g/mol. The van der Waals surface area contributed by atoms with E-state index in [2.05, 4.69) is 10.2 Å². The largest absolute Gasteiger partial charge is 0.481 e. The molecule has 1 aliphatic heterocycles. The van der Waals surface area contributed by atoms with Gasteiger partial charge in [0.25, 0.3) is 0 Å². The highest BCUT2D eigenvalue weighted by Crippen LogP contribution is 2.00. The molecule has 1 aliphatic rings. The van der Waals surface area contributed by atoms with Crippen LogP contribution in [0.1, 0.15) is 19.3 Å². The summed E-state index contributed by atoms with van der Waals surface area (Å²) in [4.78, 5) is 25.9. The zero-order valence-electron chi connectivity index (χ0n) is 10.3. The van der Waals surface area contributed by atoms with Gasteiger partial charge in [0.15, 0.2) is 0 Å². The lowest BCUT2D eigenvalue weighted by atomic mass is 10.2. The van der Waals surface area contributed by atoms with Crippen molar-refractivity contribution < 1.29 is 14.7 Å². The van der Waals surface area contributed by atoms with Gasteiger partial charge >= 0.3 is 12.0 Å². The van der Waals surface area contributed by atoms with Gasteiger partial charge in [-0.25, -0.2) is 4.79 Å². The van der Waals surface area contributed by atoms with Crippen molar-refractivity contribution in [3.63, 3.8) is 0 Å². The average Bonchev–Trinajstić information content (AvgIpc) is 2.29. The van der Waals surface area contributed by atoms with Crippen LogP contribution in [0.15, 0.2) is 0 Å². The molecule has 98 valence electrons. The highest BCUT2D eigenvalue weighted by atomic mass is 16.4. The third-order valence-electron chi connectivity index (χ3n) is 2.88. The van der Waals surface area contributed by atoms with Crippen LogP contribution in [0.25, 0.3) is 0 Å². The molecule has 0 saturated carbocycles. The van der Waals surface area contributed by atoms with Crippen molar-refractivity contribution in [2.45, 2.75) is 19.3 Å². The molecule has 2 amide bonds. The Kier molecular flexibility index (Phi) is 5.76. The third kappa shape index (κ3) is 5.53. The number of likely N-dealkylation sites (N-methyl/N-ethyl adjacent to an activating group) is 1. The smallest absolute Gasteiger partial charge is 0.317 e. The van der Waals surface area contributed by atoms with Gasteiger partial charge in [-0.1, -0.05) is 0 Å². The molecule has 6 heteroatoms. The molecule has 0 aromatic carbocycles. The van der Waals surface area contributed by atoms with Crippen molar-refractivity contribution in [3.05, 3.63) is 0 Å². The van der Waals surface area contributed by atoms with Gasteiger partial charge in [0.1, 0.15) is 0 Å². The van der Waals surface area contributed by atoms with Gasteiger partial charge in [-0.2, -0.15) is 0 Å². The maximum Gasteiger partial charge on any atom is 0.317 e. The molecule has 6 nitrogen and oxygen atoms in total. The number of carboxylic acid groups (broad SMARTS) is 1. The number of rotatable bonds is 5. The molecule has 1 fully saturated rings. The summed E-state index contributed by atoms with van der Waals surface area (Å²) in [7, 11) is 2.04. The van der Waals surface area contributed by atoms with E-state index >= 15 is 0 Å². The van der Waals surface area contributed by atoms with Crippen LogP contribution in [-0.4, -0.2) is 66.7 Å². The van der Waals surface area contributed by atoms with Crippen LogP contribution in [0, 0.1) is 0 Å². The van der Waals surface area contributed by atoms with E-state index in [1.165, 1.54) is 0 Å². The number of unbranched alkanes of at least 4 members (excludes halogenated alkanes) is 1. The van der Waals surface area contributed by atoms with Crippen LogP contribution in [-0.2, 0) is 4.79 Å². The maximum atomic E-state index is 11.7. The lowest BCUT2D eigenvalue weighted by molar-refractivity contribution is -0.137. The number of aliphatic carboxylic acids is 1. The van der Waals surface area contributed by atoms with E-state index in [4.69, 9.17) is 5.11 Å². The van der Waals surface area contributed by atoms with Crippen molar-refractivity contribution >= 4 is 12.0 Å². The topological polar surface area (TPSA) is 72.9 Å². The first kappa shape index (κ1) is 13.8. The van der Waals surface area contributed by atoms with E-state index < -0.39 is 5.97 Å². The van der Waals surface area contributed by atoms with Gasteiger partial charge in [-0.3, -0.25) is 4.79 Å². The third-order valence-corrected chi connectivity index (χ3v) is 2.88. The lowest BCUT2D eigenvalue weighted by Gasteiger charge is -2.32. The fraction of sp³-hybridized carbons (Fsp3) is 0.818. The normalized spacial score (nSPS) is 16.9. The predicted molar refractivity (Wildman–Crippen MR) is 64.0 cm³/mol. The molecule has 1 saturated heterocycles. The Bertz CT molecular complexity index is 263. The Morgan fingerprint density at radius 1 is 1.18 bits per heavy atom. The van der Waals surface area contributed by atoms with E-state index in [9.17, 15) is 9.59 Å². The molecule has 1 rings (SSSR count). The van der Waals surface area contributed by atoms with Crippen molar-refractivity contribution in [1.29, 1.82) is 0 Å². The van der Waals surface area contributed by atoms with Gasteiger partial charge < -0.3 is 20.2 Å². The van der Waals surface area contributed by atoms with Gasteiger partial charge in [0.05, 0.1) is 0 Å². The van der Waals surface area contributed by atoms with E-state index in [0.717, 1.165) is 26.2 Å². The van der Waals surface area contributed by atoms with Crippen LogP contribution >= 0.6 is 0 Å². The minimum atomic E-state index is -0.782. The summed E-state index contributed by atoms with van der Waals surface area (Å²) in [6.45, 7) is 3.90. The molecule has 1 heterocycles. The van der Waals surface area contributed by atoms with Crippen LogP contribution < -0.4 is 5.32 Å². The van der Waals surface area contributed by atoms with Crippen LogP contribution in [0.4, 0.5) is 4.79 Å². The summed E-state index contributed by atoms with van der Waals surface area (Å²) in [5.74, 6) is -0.782. The number of carbonyl (C=O) groups excluding carboxylic acids is 1. The summed E-state index contributed by atoms with van der Waals surface area (Å²) >= 11 is 0. The number of nitrogens with zero attached hydrogens (tertiary/aromatic N) is 2. The maximum absolute atomic E-state index is 11.7. The predicted octanol–water partition coefficient (Wildman–Crippen LogP) is 0.198. The average molecular weight is 243 g/mol. The van der Waals surface area contributed by atoms with Gasteiger partial charge in [-0.05, 0) is 19.9 Å². The summed E-state index contributed by atoms with van der Waals surface area (Å²) in [5.41, 5.74) is 0. The number of urea groups is 1. The summed E-state index contributed by atoms with van der Waals surface area (Å²) in [6.07, 6.45) is 1.49. The van der Waals surface area contributed by atoms with Gasteiger partial charge in [-0.15, -0.1) is 0 Å². The minimum Gasteiger partial charge on any atom is -0.481 e. The molecule has 0 bridgehead atoms. The zero-order valence-corrected chi connectivity index (χ0v) is 10.3. The molecule has 0 aliphatic carbocycles. The van der Waals surface area contributed by atoms with Crippen LogP contribution in [0.2, 0.25) is 0 Å². The zero-order chi connectivity index (χ0) is 12.7. The molecule has 0 atom stereocenters. The molecule has 0 aromatic heterocycles. The van der Waals surface area contributed by atoms with Gasteiger partial charge in [0, 0.05) is 39.1 Å². The number of amides is 2. The molecule has 0 spiro atoms. The van der Waals surface area contributed by atoms with Crippen molar-refractivity contribution in [2.75, 3.05) is 39.8 Å². The van der Waals surface area contributed by atoms with E-state index in [-0.39, 0.29) is 12.5 Å². The number of carboxylic acids is 1.